The van der Waals surface area contributed by atoms with E-state index in [9.17, 15) is 14.0 Å². The van der Waals surface area contributed by atoms with E-state index in [2.05, 4.69) is 14.9 Å². The summed E-state index contributed by atoms with van der Waals surface area (Å²) in [6, 6.07) is 6.07. The van der Waals surface area contributed by atoms with Gasteiger partial charge in [0.25, 0.3) is 5.56 Å². The van der Waals surface area contributed by atoms with Crippen LogP contribution in [0, 0.1) is 5.82 Å². The smallest absolute Gasteiger partial charge is 0.410 e. The first-order valence-electron chi connectivity index (χ1n) is 13.3. The standard InChI is InChI=1S/C28H34FN5O5/c1-28(2,3)34(18-20-15-24-25(16-30-20)38-13-12-37-24)27(36)39-21-6-8-32(9-7-21)10-11-33-23-5-4-19(29)14-22(23)31-17-26(33)35/h4-5,14-17,21H,6-13,18H2,1-3H3. The predicted molar refractivity (Wildman–Crippen MR) is 142 cm³/mol. The fraction of sp³-hybridized carbons (Fsp3) is 0.500. The van der Waals surface area contributed by atoms with E-state index in [1.807, 2.05) is 26.8 Å². The number of carbonyl (C=O) groups excluding carboxylic acids is 1. The van der Waals surface area contributed by atoms with Gasteiger partial charge in [-0.1, -0.05) is 0 Å². The molecule has 3 aromatic rings. The summed E-state index contributed by atoms with van der Waals surface area (Å²) in [5.74, 6) is 0.858. The second-order valence-electron chi connectivity index (χ2n) is 10.9. The van der Waals surface area contributed by atoms with Crippen molar-refractivity contribution < 1.29 is 23.4 Å². The maximum atomic E-state index is 13.6. The molecule has 1 fully saturated rings. The Kier molecular flexibility index (Phi) is 7.69. The molecular weight excluding hydrogens is 505 g/mol. The van der Waals surface area contributed by atoms with Crippen molar-refractivity contribution in [3.8, 4) is 11.5 Å². The van der Waals surface area contributed by atoms with Gasteiger partial charge in [-0.3, -0.25) is 14.7 Å². The quantitative estimate of drug-likeness (QED) is 0.469. The van der Waals surface area contributed by atoms with Crippen molar-refractivity contribution in [2.75, 3.05) is 32.8 Å². The Balaban J connectivity index is 1.16. The number of rotatable bonds is 6. The number of nitrogens with zero attached hydrogens (tertiary/aromatic N) is 5. The molecule has 0 bridgehead atoms. The van der Waals surface area contributed by atoms with E-state index in [4.69, 9.17) is 14.2 Å². The predicted octanol–water partition coefficient (Wildman–Crippen LogP) is 3.60. The number of likely N-dealkylation sites (tertiary alicyclic amines) is 1. The number of aromatic nitrogens is 3. The van der Waals surface area contributed by atoms with Crippen molar-refractivity contribution in [1.29, 1.82) is 0 Å². The van der Waals surface area contributed by atoms with Gasteiger partial charge in [0.15, 0.2) is 11.5 Å². The van der Waals surface area contributed by atoms with Crippen LogP contribution in [0.15, 0.2) is 41.5 Å². The average molecular weight is 540 g/mol. The van der Waals surface area contributed by atoms with E-state index in [1.165, 1.54) is 18.3 Å². The number of halogens is 1. The summed E-state index contributed by atoms with van der Waals surface area (Å²) < 4.78 is 32.3. The Morgan fingerprint density at radius 1 is 1.08 bits per heavy atom. The molecular formula is C28H34FN5O5. The highest BCUT2D eigenvalue weighted by molar-refractivity contribution is 5.74. The van der Waals surface area contributed by atoms with Crippen LogP contribution in [-0.2, 0) is 17.8 Å². The van der Waals surface area contributed by atoms with Crippen LogP contribution >= 0.6 is 0 Å². The van der Waals surface area contributed by atoms with Gasteiger partial charge in [-0.25, -0.2) is 14.2 Å². The summed E-state index contributed by atoms with van der Waals surface area (Å²) in [5.41, 5.74) is 1.07. The minimum Gasteiger partial charge on any atom is -0.486 e. The summed E-state index contributed by atoms with van der Waals surface area (Å²) in [4.78, 5) is 38.1. The van der Waals surface area contributed by atoms with Gasteiger partial charge in [-0.15, -0.1) is 0 Å². The lowest BCUT2D eigenvalue weighted by atomic mass is 10.1. The number of hydrogen-bond donors (Lipinski definition) is 0. The van der Waals surface area contributed by atoms with Crippen LogP contribution in [0.1, 0.15) is 39.3 Å². The fourth-order valence-electron chi connectivity index (χ4n) is 4.88. The SMILES string of the molecule is CC(C)(C)N(Cc1cc2c(cn1)OCCO2)C(=O)OC1CCN(CCn2c(=O)cnc3cc(F)ccc32)CC1. The largest absolute Gasteiger partial charge is 0.486 e. The van der Waals surface area contributed by atoms with Gasteiger partial charge in [-0.05, 0) is 45.7 Å². The third kappa shape index (κ3) is 6.30. The van der Waals surface area contributed by atoms with Crippen LogP contribution in [-0.4, -0.2) is 74.9 Å². The molecule has 0 radical (unpaired) electrons. The molecule has 0 N–H and O–H groups in total. The van der Waals surface area contributed by atoms with Gasteiger partial charge in [-0.2, -0.15) is 0 Å². The van der Waals surface area contributed by atoms with Gasteiger partial charge in [0.05, 0.1) is 35.7 Å². The van der Waals surface area contributed by atoms with Crippen LogP contribution in [0.5, 0.6) is 11.5 Å². The van der Waals surface area contributed by atoms with Crippen molar-refractivity contribution in [3.63, 3.8) is 0 Å². The summed E-state index contributed by atoms with van der Waals surface area (Å²) in [5, 5.41) is 0. The molecule has 11 heteroatoms. The zero-order chi connectivity index (χ0) is 27.6. The first-order chi connectivity index (χ1) is 18.7. The minimum atomic E-state index is -0.476. The van der Waals surface area contributed by atoms with Crippen molar-refractivity contribution in [2.45, 2.75) is 58.3 Å². The number of benzene rings is 1. The second kappa shape index (κ2) is 11.2. The number of carbonyl (C=O) groups is 1. The van der Waals surface area contributed by atoms with Crippen LogP contribution in [0.2, 0.25) is 0 Å². The zero-order valence-corrected chi connectivity index (χ0v) is 22.6. The lowest BCUT2D eigenvalue weighted by molar-refractivity contribution is 0.00868. The zero-order valence-electron chi connectivity index (χ0n) is 22.6. The average Bonchev–Trinajstić information content (AvgIpc) is 2.91. The summed E-state index contributed by atoms with van der Waals surface area (Å²) in [7, 11) is 0. The van der Waals surface area contributed by atoms with Crippen LogP contribution < -0.4 is 15.0 Å². The number of ether oxygens (including phenoxy) is 3. The van der Waals surface area contributed by atoms with Gasteiger partial charge in [0, 0.05) is 43.9 Å². The van der Waals surface area contributed by atoms with E-state index >= 15 is 0 Å². The first kappa shape index (κ1) is 26.9. The van der Waals surface area contributed by atoms with Crippen molar-refractivity contribution in [1.82, 2.24) is 24.3 Å². The van der Waals surface area contributed by atoms with Gasteiger partial charge >= 0.3 is 6.09 Å². The molecule has 10 nitrogen and oxygen atoms in total. The normalized spacial score (nSPS) is 16.3. The highest BCUT2D eigenvalue weighted by Crippen LogP contribution is 2.30. The fourth-order valence-corrected chi connectivity index (χ4v) is 4.88. The van der Waals surface area contributed by atoms with Gasteiger partial charge in [0.1, 0.15) is 25.1 Å². The summed E-state index contributed by atoms with van der Waals surface area (Å²) in [6.45, 7) is 9.76. The maximum Gasteiger partial charge on any atom is 0.410 e. The second-order valence-corrected chi connectivity index (χ2v) is 10.9. The molecule has 2 aliphatic rings. The molecule has 1 aromatic carbocycles. The van der Waals surface area contributed by atoms with Gasteiger partial charge < -0.3 is 23.7 Å². The highest BCUT2D eigenvalue weighted by Gasteiger charge is 2.32. The Morgan fingerprint density at radius 3 is 2.56 bits per heavy atom. The van der Waals surface area contributed by atoms with Crippen LogP contribution in [0.4, 0.5) is 9.18 Å². The molecule has 0 unspecified atom stereocenters. The number of amides is 1. The third-order valence-electron chi connectivity index (χ3n) is 7.09. The lowest BCUT2D eigenvalue weighted by Crippen LogP contribution is -2.48. The number of fused-ring (bicyclic) bond motifs is 2. The van der Waals surface area contributed by atoms with Crippen molar-refractivity contribution in [3.05, 3.63) is 58.5 Å². The molecule has 1 saturated heterocycles. The van der Waals surface area contributed by atoms with Crippen LogP contribution in [0.3, 0.4) is 0 Å². The molecule has 1 amide bonds. The first-order valence-corrected chi connectivity index (χ1v) is 13.3. The van der Waals surface area contributed by atoms with Crippen LogP contribution in [0.25, 0.3) is 11.0 Å². The number of pyridine rings is 1. The Labute approximate surface area is 226 Å². The molecule has 2 aromatic heterocycles. The molecule has 4 heterocycles. The molecule has 208 valence electrons. The summed E-state index contributed by atoms with van der Waals surface area (Å²) in [6.07, 6.45) is 3.69. The Hall–Kier alpha value is -3.73. The molecule has 2 aliphatic heterocycles. The molecule has 39 heavy (non-hydrogen) atoms. The Bertz CT molecular complexity index is 1400. The van der Waals surface area contributed by atoms with E-state index in [1.54, 1.807) is 21.7 Å². The molecule has 0 saturated carbocycles. The van der Waals surface area contributed by atoms with Crippen molar-refractivity contribution in [2.24, 2.45) is 0 Å². The van der Waals surface area contributed by atoms with E-state index in [0.29, 0.717) is 67.4 Å². The lowest BCUT2D eigenvalue weighted by Gasteiger charge is -2.37. The third-order valence-corrected chi connectivity index (χ3v) is 7.09. The number of hydrogen-bond acceptors (Lipinski definition) is 8. The summed E-state index contributed by atoms with van der Waals surface area (Å²) >= 11 is 0. The molecule has 0 atom stereocenters. The van der Waals surface area contributed by atoms with E-state index in [-0.39, 0.29) is 30.1 Å². The molecule has 5 rings (SSSR count). The highest BCUT2D eigenvalue weighted by atomic mass is 19.1. The van der Waals surface area contributed by atoms with Crippen molar-refractivity contribution >= 4 is 17.1 Å². The molecule has 0 spiro atoms. The van der Waals surface area contributed by atoms with E-state index in [0.717, 1.165) is 13.1 Å². The minimum absolute atomic E-state index is 0.195. The monoisotopic (exact) mass is 539 g/mol. The topological polar surface area (TPSA) is 99.0 Å². The maximum absolute atomic E-state index is 13.6. The molecule has 0 aliphatic carbocycles. The Morgan fingerprint density at radius 2 is 1.82 bits per heavy atom. The van der Waals surface area contributed by atoms with Gasteiger partial charge in [0.2, 0.25) is 0 Å². The number of piperidine rings is 1. The van der Waals surface area contributed by atoms with E-state index < -0.39 is 5.54 Å².